The van der Waals surface area contributed by atoms with Crippen molar-refractivity contribution in [2.45, 2.75) is 44.7 Å². The predicted octanol–water partition coefficient (Wildman–Crippen LogP) is 3.42. The Hall–Kier alpha value is -2.57. The average molecular weight is 439 g/mol. The number of hydrogen-bond donors (Lipinski definition) is 1. The monoisotopic (exact) mass is 438 g/mol. The van der Waals surface area contributed by atoms with Gasteiger partial charge in [-0.3, -0.25) is 9.69 Å². The van der Waals surface area contributed by atoms with Gasteiger partial charge in [0.25, 0.3) is 5.56 Å². The van der Waals surface area contributed by atoms with Gasteiger partial charge in [-0.25, -0.2) is 4.79 Å². The summed E-state index contributed by atoms with van der Waals surface area (Å²) in [4.78, 5) is 27.1. The number of phenolic OH excluding ortho intramolecular Hbond substituents is 1. The molecule has 0 radical (unpaired) electrons. The number of aromatic nitrogens is 1. The van der Waals surface area contributed by atoms with E-state index in [1.54, 1.807) is 12.1 Å². The summed E-state index contributed by atoms with van der Waals surface area (Å²) in [7, 11) is 0. The maximum absolute atomic E-state index is 12.6. The lowest BCUT2D eigenvalue weighted by molar-refractivity contribution is 0.113. The van der Waals surface area contributed by atoms with Crippen LogP contribution >= 0.6 is 11.6 Å². The van der Waals surface area contributed by atoms with Gasteiger partial charge >= 0.3 is 5.63 Å². The molecule has 4 heterocycles. The van der Waals surface area contributed by atoms with Gasteiger partial charge in [-0.05, 0) is 49.3 Å². The van der Waals surface area contributed by atoms with Crippen molar-refractivity contribution >= 4 is 22.6 Å². The lowest BCUT2D eigenvalue weighted by atomic mass is 9.83. The highest BCUT2D eigenvalue weighted by molar-refractivity contribution is 6.33. The lowest BCUT2D eigenvalue weighted by Gasteiger charge is -2.42. The molecule has 6 nitrogen and oxygen atoms in total. The number of likely N-dealkylation sites (tertiary alicyclic amines) is 1. The molecule has 0 saturated carbocycles. The minimum atomic E-state index is -0.299. The Kier molecular flexibility index (Phi) is 4.30. The summed E-state index contributed by atoms with van der Waals surface area (Å²) >= 11 is 6.41. The van der Waals surface area contributed by atoms with Crippen molar-refractivity contribution < 1.29 is 9.52 Å². The zero-order valence-electron chi connectivity index (χ0n) is 17.1. The van der Waals surface area contributed by atoms with Gasteiger partial charge in [0.15, 0.2) is 0 Å². The third-order valence-corrected chi connectivity index (χ3v) is 7.51. The van der Waals surface area contributed by atoms with Crippen molar-refractivity contribution in [2.24, 2.45) is 5.92 Å². The van der Waals surface area contributed by atoms with Crippen LogP contribution in [0.1, 0.15) is 41.1 Å². The van der Waals surface area contributed by atoms with Crippen LogP contribution in [0.3, 0.4) is 0 Å². The van der Waals surface area contributed by atoms with E-state index in [-0.39, 0.29) is 22.9 Å². The molecule has 31 heavy (non-hydrogen) atoms. The minimum absolute atomic E-state index is 0.0115. The van der Waals surface area contributed by atoms with Gasteiger partial charge in [0.2, 0.25) is 0 Å². The number of hydrogen-bond acceptors (Lipinski definition) is 5. The molecule has 2 aromatic heterocycles. The molecule has 6 rings (SSSR count). The maximum atomic E-state index is 12.6. The zero-order valence-corrected chi connectivity index (χ0v) is 17.8. The molecule has 160 valence electrons. The number of nitrogens with zero attached hydrogens (tertiary/aromatic N) is 2. The smallest absolute Gasteiger partial charge is 0.339 e. The van der Waals surface area contributed by atoms with E-state index >= 15 is 0 Å². The lowest BCUT2D eigenvalue weighted by Crippen LogP contribution is -2.46. The molecular formula is C24H23ClN2O4. The first-order valence-electron chi connectivity index (χ1n) is 10.9. The first kappa shape index (κ1) is 19.1. The van der Waals surface area contributed by atoms with Gasteiger partial charge in [-0.1, -0.05) is 17.7 Å². The Bertz CT molecular complexity index is 1340. The summed E-state index contributed by atoms with van der Waals surface area (Å²) in [6.45, 7) is 2.77. The molecule has 7 heteroatoms. The molecule has 1 N–H and O–H groups in total. The van der Waals surface area contributed by atoms with Crippen molar-refractivity contribution in [1.82, 2.24) is 9.47 Å². The van der Waals surface area contributed by atoms with E-state index in [0.717, 1.165) is 61.0 Å². The van der Waals surface area contributed by atoms with Crippen molar-refractivity contribution in [3.05, 3.63) is 72.4 Å². The van der Waals surface area contributed by atoms with Crippen LogP contribution in [0.2, 0.25) is 5.02 Å². The van der Waals surface area contributed by atoms with E-state index in [9.17, 15) is 14.7 Å². The van der Waals surface area contributed by atoms with Crippen molar-refractivity contribution in [3.63, 3.8) is 0 Å². The largest absolute Gasteiger partial charge is 0.506 e. The first-order valence-corrected chi connectivity index (χ1v) is 11.3. The van der Waals surface area contributed by atoms with Gasteiger partial charge in [-0.2, -0.15) is 0 Å². The Labute approximate surface area is 183 Å². The fourth-order valence-corrected chi connectivity index (χ4v) is 6.15. The number of pyridine rings is 1. The van der Waals surface area contributed by atoms with Crippen LogP contribution < -0.4 is 11.2 Å². The van der Waals surface area contributed by atoms with E-state index in [0.29, 0.717) is 35.2 Å². The second-order valence-electron chi connectivity index (χ2n) is 9.15. The molecule has 0 spiro atoms. The third kappa shape index (κ3) is 2.96. The molecule has 1 saturated heterocycles. The second-order valence-corrected chi connectivity index (χ2v) is 9.56. The molecule has 1 aromatic carbocycles. The quantitative estimate of drug-likeness (QED) is 0.620. The Morgan fingerprint density at radius 3 is 2.84 bits per heavy atom. The van der Waals surface area contributed by atoms with Gasteiger partial charge in [0.05, 0.1) is 10.6 Å². The molecule has 3 aliphatic rings. The first-order chi connectivity index (χ1) is 15.0. The molecule has 2 atom stereocenters. The maximum Gasteiger partial charge on any atom is 0.339 e. The Morgan fingerprint density at radius 2 is 1.97 bits per heavy atom. The highest BCUT2D eigenvalue weighted by Gasteiger charge is 2.35. The number of phenols is 1. The van der Waals surface area contributed by atoms with Gasteiger partial charge in [0.1, 0.15) is 11.3 Å². The summed E-state index contributed by atoms with van der Waals surface area (Å²) < 4.78 is 7.64. The Balaban J connectivity index is 1.41. The molecule has 0 amide bonds. The van der Waals surface area contributed by atoms with Gasteiger partial charge in [0, 0.05) is 54.8 Å². The van der Waals surface area contributed by atoms with Crippen molar-refractivity contribution in [2.75, 3.05) is 13.1 Å². The highest BCUT2D eigenvalue weighted by atomic mass is 35.5. The Morgan fingerprint density at radius 1 is 1.13 bits per heavy atom. The van der Waals surface area contributed by atoms with Crippen LogP contribution in [-0.4, -0.2) is 27.7 Å². The van der Waals surface area contributed by atoms with E-state index in [4.69, 9.17) is 16.0 Å². The van der Waals surface area contributed by atoms with Crippen LogP contribution in [0.5, 0.6) is 5.75 Å². The highest BCUT2D eigenvalue weighted by Crippen LogP contribution is 2.41. The van der Waals surface area contributed by atoms with Crippen molar-refractivity contribution in [1.29, 1.82) is 0 Å². The second kappa shape index (κ2) is 6.97. The van der Waals surface area contributed by atoms with E-state index < -0.39 is 0 Å². The fraction of sp³-hybridized carbons (Fsp3) is 0.417. The summed E-state index contributed by atoms with van der Waals surface area (Å²) in [5.41, 5.74) is 3.65. The normalized spacial score (nSPS) is 22.5. The number of benzene rings is 1. The molecule has 2 bridgehead atoms. The van der Waals surface area contributed by atoms with Crippen LogP contribution in [0, 0.1) is 5.92 Å². The molecule has 3 aromatic rings. The summed E-state index contributed by atoms with van der Waals surface area (Å²) in [5, 5.41) is 11.9. The van der Waals surface area contributed by atoms with Crippen LogP contribution in [0.15, 0.2) is 38.3 Å². The topological polar surface area (TPSA) is 75.7 Å². The number of piperidine rings is 1. The van der Waals surface area contributed by atoms with Crippen molar-refractivity contribution in [3.8, 4) is 5.75 Å². The predicted molar refractivity (Wildman–Crippen MR) is 118 cm³/mol. The minimum Gasteiger partial charge on any atom is -0.506 e. The molecular weight excluding hydrogens is 416 g/mol. The van der Waals surface area contributed by atoms with E-state index in [1.807, 2.05) is 16.7 Å². The summed E-state index contributed by atoms with van der Waals surface area (Å²) in [5.74, 6) is 0.628. The summed E-state index contributed by atoms with van der Waals surface area (Å²) in [6.07, 6.45) is 3.55. The average Bonchev–Trinajstić information content (AvgIpc) is 3.24. The van der Waals surface area contributed by atoms with E-state index in [1.165, 1.54) is 0 Å². The standard InChI is InChI=1S/C24H23ClN2O4/c25-19-8-17-15-3-1-4-16(15)24(30)31-23(17)18(22(19)29)12-26-9-13-7-14(11-26)20-5-2-6-21(28)27(20)10-13/h2,5-6,8,13-14,29H,1,3-4,7,9-12H2. The number of aromatic hydroxyl groups is 1. The number of aryl methyl sites for hydroxylation is 1. The number of fused-ring (bicyclic) bond motifs is 7. The molecule has 1 fully saturated rings. The van der Waals surface area contributed by atoms with Gasteiger partial charge in [-0.15, -0.1) is 0 Å². The molecule has 2 aliphatic heterocycles. The third-order valence-electron chi connectivity index (χ3n) is 7.22. The van der Waals surface area contributed by atoms with E-state index in [2.05, 4.69) is 4.90 Å². The molecule has 2 unspecified atom stereocenters. The molecule has 1 aliphatic carbocycles. The van der Waals surface area contributed by atoms with Crippen LogP contribution in [0.4, 0.5) is 0 Å². The fourth-order valence-electron chi connectivity index (χ4n) is 5.93. The zero-order chi connectivity index (χ0) is 21.3. The number of rotatable bonds is 2. The SMILES string of the molecule is O=c1oc2c(CN3CC4CC(C3)c3cccc(=O)n3C4)c(O)c(Cl)cc2c2c1CCC2. The number of halogens is 1. The van der Waals surface area contributed by atoms with Gasteiger partial charge < -0.3 is 14.1 Å². The van der Waals surface area contributed by atoms with Crippen LogP contribution in [-0.2, 0) is 25.9 Å². The summed E-state index contributed by atoms with van der Waals surface area (Å²) in [6, 6.07) is 7.23. The van der Waals surface area contributed by atoms with Crippen LogP contribution in [0.25, 0.3) is 11.0 Å².